The van der Waals surface area contributed by atoms with E-state index in [9.17, 15) is 9.59 Å². The molecule has 0 aliphatic heterocycles. The lowest BCUT2D eigenvalue weighted by Gasteiger charge is -2.08. The molecular formula is C9H11N3O3. The van der Waals surface area contributed by atoms with Crippen molar-refractivity contribution >= 4 is 17.6 Å². The van der Waals surface area contributed by atoms with E-state index in [0.29, 0.717) is 0 Å². The number of nitrogens with one attached hydrogen (secondary N) is 2. The first-order valence-corrected chi connectivity index (χ1v) is 4.61. The molecular weight excluding hydrogens is 198 g/mol. The van der Waals surface area contributed by atoms with Gasteiger partial charge in [0, 0.05) is 5.41 Å². The zero-order valence-electron chi connectivity index (χ0n) is 8.20. The van der Waals surface area contributed by atoms with E-state index < -0.39 is 5.97 Å². The summed E-state index contributed by atoms with van der Waals surface area (Å²) in [6.45, 7) is 1.85. The highest BCUT2D eigenvalue weighted by Gasteiger charge is 2.45. The van der Waals surface area contributed by atoms with E-state index in [4.69, 9.17) is 5.11 Å². The summed E-state index contributed by atoms with van der Waals surface area (Å²) in [4.78, 5) is 22.3. The highest BCUT2D eigenvalue weighted by Crippen LogP contribution is 2.45. The van der Waals surface area contributed by atoms with Crippen molar-refractivity contribution in [2.75, 3.05) is 5.32 Å². The standard InChI is InChI=1S/C9H11N3O3/c1-9(2-3-9)8(15)11-5-4-10-12-6(5)7(13)14/h4H,2-3H2,1H3,(H,10,12)(H,11,15)(H,13,14). The minimum atomic E-state index is -1.14. The zero-order chi connectivity index (χ0) is 11.1. The van der Waals surface area contributed by atoms with Gasteiger partial charge in [-0.25, -0.2) is 4.79 Å². The molecule has 0 unspecified atom stereocenters. The van der Waals surface area contributed by atoms with Crippen LogP contribution in [0.1, 0.15) is 30.3 Å². The number of carbonyl (C=O) groups is 2. The second-order valence-corrected chi connectivity index (χ2v) is 3.98. The number of hydrogen-bond acceptors (Lipinski definition) is 3. The minimum absolute atomic E-state index is 0.0902. The number of H-pyrrole nitrogens is 1. The van der Waals surface area contributed by atoms with Gasteiger partial charge in [0.05, 0.1) is 11.9 Å². The summed E-state index contributed by atoms with van der Waals surface area (Å²) in [5.74, 6) is -1.28. The summed E-state index contributed by atoms with van der Waals surface area (Å²) < 4.78 is 0. The van der Waals surface area contributed by atoms with Gasteiger partial charge in [0.1, 0.15) is 0 Å². The number of aromatic nitrogens is 2. The summed E-state index contributed by atoms with van der Waals surface area (Å²) in [5, 5.41) is 17.2. The number of anilines is 1. The molecule has 80 valence electrons. The Morgan fingerprint density at radius 1 is 1.60 bits per heavy atom. The van der Waals surface area contributed by atoms with Crippen LogP contribution in [0.4, 0.5) is 5.69 Å². The van der Waals surface area contributed by atoms with Gasteiger partial charge < -0.3 is 10.4 Å². The third kappa shape index (κ3) is 1.70. The van der Waals surface area contributed by atoms with Crippen LogP contribution >= 0.6 is 0 Å². The molecule has 1 fully saturated rings. The first-order valence-electron chi connectivity index (χ1n) is 4.61. The summed E-state index contributed by atoms with van der Waals surface area (Å²) >= 11 is 0. The molecule has 6 nitrogen and oxygen atoms in total. The SMILES string of the molecule is CC1(C(=O)Nc2cn[nH]c2C(=O)O)CC1. The van der Waals surface area contributed by atoms with E-state index in [1.165, 1.54) is 6.20 Å². The zero-order valence-corrected chi connectivity index (χ0v) is 8.20. The van der Waals surface area contributed by atoms with Gasteiger partial charge in [-0.1, -0.05) is 6.92 Å². The normalized spacial score (nSPS) is 17.1. The van der Waals surface area contributed by atoms with E-state index in [-0.39, 0.29) is 22.7 Å². The molecule has 1 aliphatic rings. The van der Waals surface area contributed by atoms with Crippen molar-refractivity contribution in [3.63, 3.8) is 0 Å². The van der Waals surface area contributed by atoms with Crippen LogP contribution in [0, 0.1) is 5.41 Å². The van der Waals surface area contributed by atoms with Crippen molar-refractivity contribution in [1.29, 1.82) is 0 Å². The summed E-state index contributed by atoms with van der Waals surface area (Å²) in [5.41, 5.74) is -0.194. The van der Waals surface area contributed by atoms with Crippen LogP contribution in [0.15, 0.2) is 6.20 Å². The van der Waals surface area contributed by atoms with E-state index >= 15 is 0 Å². The van der Waals surface area contributed by atoms with Crippen molar-refractivity contribution < 1.29 is 14.7 Å². The van der Waals surface area contributed by atoms with Crippen LogP contribution < -0.4 is 5.32 Å². The predicted molar refractivity (Wildman–Crippen MR) is 51.5 cm³/mol. The Morgan fingerprint density at radius 3 is 2.80 bits per heavy atom. The molecule has 1 aliphatic carbocycles. The van der Waals surface area contributed by atoms with Gasteiger partial charge in [-0.15, -0.1) is 0 Å². The fourth-order valence-electron chi connectivity index (χ4n) is 1.23. The fraction of sp³-hybridized carbons (Fsp3) is 0.444. The Bertz CT molecular complexity index is 420. The van der Waals surface area contributed by atoms with Crippen molar-refractivity contribution in [2.45, 2.75) is 19.8 Å². The Morgan fingerprint density at radius 2 is 2.27 bits per heavy atom. The molecule has 0 atom stereocenters. The van der Waals surface area contributed by atoms with Crippen molar-refractivity contribution in [3.8, 4) is 0 Å². The lowest BCUT2D eigenvalue weighted by atomic mass is 10.1. The predicted octanol–water partition coefficient (Wildman–Crippen LogP) is 0.847. The van der Waals surface area contributed by atoms with Gasteiger partial charge in [-0.05, 0) is 12.8 Å². The maximum Gasteiger partial charge on any atom is 0.356 e. The molecule has 6 heteroatoms. The van der Waals surface area contributed by atoms with Crippen molar-refractivity contribution in [2.24, 2.45) is 5.41 Å². The first-order chi connectivity index (χ1) is 7.03. The molecule has 3 N–H and O–H groups in total. The van der Waals surface area contributed by atoms with Gasteiger partial charge in [-0.3, -0.25) is 9.89 Å². The lowest BCUT2D eigenvalue weighted by Crippen LogP contribution is -2.22. The molecule has 0 bridgehead atoms. The smallest absolute Gasteiger partial charge is 0.356 e. The van der Waals surface area contributed by atoms with E-state index in [1.807, 2.05) is 6.92 Å². The van der Waals surface area contributed by atoms with Gasteiger partial charge in [0.2, 0.25) is 5.91 Å². The van der Waals surface area contributed by atoms with Crippen LogP contribution in [-0.4, -0.2) is 27.2 Å². The Hall–Kier alpha value is -1.85. The number of rotatable bonds is 3. The molecule has 1 aromatic rings. The number of nitrogens with zero attached hydrogens (tertiary/aromatic N) is 1. The van der Waals surface area contributed by atoms with Crippen molar-refractivity contribution in [1.82, 2.24) is 10.2 Å². The lowest BCUT2D eigenvalue weighted by molar-refractivity contribution is -0.120. The van der Waals surface area contributed by atoms with Gasteiger partial charge in [-0.2, -0.15) is 5.10 Å². The van der Waals surface area contributed by atoms with E-state index in [2.05, 4.69) is 15.5 Å². The second kappa shape index (κ2) is 3.08. The summed E-state index contributed by atoms with van der Waals surface area (Å²) in [7, 11) is 0. The first kappa shape index (κ1) is 9.70. The largest absolute Gasteiger partial charge is 0.476 e. The highest BCUT2D eigenvalue weighted by atomic mass is 16.4. The molecule has 0 aromatic carbocycles. The molecule has 1 saturated carbocycles. The molecule has 1 amide bonds. The number of aromatic carboxylic acids is 1. The number of carboxylic acid groups (broad SMARTS) is 1. The average Bonchev–Trinajstić information content (AvgIpc) is 2.77. The van der Waals surface area contributed by atoms with Crippen LogP contribution in [0.2, 0.25) is 0 Å². The highest BCUT2D eigenvalue weighted by molar-refractivity contribution is 6.01. The van der Waals surface area contributed by atoms with Crippen LogP contribution in [0.3, 0.4) is 0 Å². The van der Waals surface area contributed by atoms with Gasteiger partial charge >= 0.3 is 5.97 Å². The quantitative estimate of drug-likeness (QED) is 0.687. The fourth-order valence-corrected chi connectivity index (χ4v) is 1.23. The number of carboxylic acids is 1. The molecule has 15 heavy (non-hydrogen) atoms. The van der Waals surface area contributed by atoms with Gasteiger partial charge in [0.15, 0.2) is 5.69 Å². The monoisotopic (exact) mass is 209 g/mol. The third-order valence-electron chi connectivity index (χ3n) is 2.65. The minimum Gasteiger partial charge on any atom is -0.476 e. The van der Waals surface area contributed by atoms with E-state index in [1.54, 1.807) is 0 Å². The molecule has 0 radical (unpaired) electrons. The number of carbonyl (C=O) groups excluding carboxylic acids is 1. The number of amides is 1. The van der Waals surface area contributed by atoms with Crippen LogP contribution in [0.5, 0.6) is 0 Å². The average molecular weight is 209 g/mol. The molecule has 0 saturated heterocycles. The number of hydrogen-bond donors (Lipinski definition) is 3. The molecule has 0 spiro atoms. The van der Waals surface area contributed by atoms with E-state index in [0.717, 1.165) is 12.8 Å². The summed E-state index contributed by atoms with van der Waals surface area (Å²) in [6.07, 6.45) is 2.99. The van der Waals surface area contributed by atoms with Gasteiger partial charge in [0.25, 0.3) is 0 Å². The second-order valence-electron chi connectivity index (χ2n) is 3.98. The number of aromatic amines is 1. The Kier molecular flexibility index (Phi) is 1.99. The molecule has 1 aromatic heterocycles. The summed E-state index contributed by atoms with van der Waals surface area (Å²) in [6, 6.07) is 0. The molecule has 2 rings (SSSR count). The maximum atomic E-state index is 11.6. The van der Waals surface area contributed by atoms with Crippen LogP contribution in [-0.2, 0) is 4.79 Å². The van der Waals surface area contributed by atoms with Crippen LogP contribution in [0.25, 0.3) is 0 Å². The topological polar surface area (TPSA) is 95.1 Å². The van der Waals surface area contributed by atoms with Crippen molar-refractivity contribution in [3.05, 3.63) is 11.9 Å². The Labute approximate surface area is 85.7 Å². The Balaban J connectivity index is 2.14. The maximum absolute atomic E-state index is 11.6. The molecule has 1 heterocycles. The third-order valence-corrected chi connectivity index (χ3v) is 2.65.